The molecule has 1 aromatic carbocycles. The molecule has 3 heteroatoms. The maximum Gasteiger partial charge on any atom is 0.305 e. The van der Waals surface area contributed by atoms with E-state index in [1.165, 1.54) is 7.11 Å². The smallest absolute Gasteiger partial charge is 0.305 e. The van der Waals surface area contributed by atoms with Crippen LogP contribution in [0.2, 0.25) is 0 Å². The molecule has 0 radical (unpaired) electrons. The highest BCUT2D eigenvalue weighted by Crippen LogP contribution is 2.43. The van der Waals surface area contributed by atoms with Crippen molar-refractivity contribution >= 4 is 11.8 Å². The molecule has 1 aromatic rings. The van der Waals surface area contributed by atoms with E-state index < -0.39 is 0 Å². The number of carbonyl (C=O) groups excluding carboxylic acids is 2. The minimum atomic E-state index is -0.228. The Hall–Kier alpha value is -1.64. The lowest BCUT2D eigenvalue weighted by Crippen LogP contribution is -2.06. The van der Waals surface area contributed by atoms with Crippen LogP contribution in [-0.4, -0.2) is 18.9 Å². The summed E-state index contributed by atoms with van der Waals surface area (Å²) in [5, 5.41) is 0. The molecule has 0 amide bonds. The molecule has 0 spiro atoms. The fourth-order valence-electron chi connectivity index (χ4n) is 1.91. The van der Waals surface area contributed by atoms with Crippen LogP contribution in [0.15, 0.2) is 30.3 Å². The van der Waals surface area contributed by atoms with Crippen molar-refractivity contribution in [3.8, 4) is 0 Å². The normalized spacial score (nSPS) is 22.6. The van der Waals surface area contributed by atoms with E-state index in [-0.39, 0.29) is 23.6 Å². The standard InChI is InChI=1S/C13H14O3/c1-16-12(14)8-10-7-11(10)13(15)9-5-3-2-4-6-9/h2-6,10-11H,7-8H2,1H3/t10-,11+/m1/s1. The molecule has 0 aromatic heterocycles. The molecule has 16 heavy (non-hydrogen) atoms. The largest absolute Gasteiger partial charge is 0.469 e. The summed E-state index contributed by atoms with van der Waals surface area (Å²) < 4.78 is 4.58. The molecular weight excluding hydrogens is 204 g/mol. The predicted octanol–water partition coefficient (Wildman–Crippen LogP) is 2.07. The first-order valence-corrected chi connectivity index (χ1v) is 5.38. The zero-order chi connectivity index (χ0) is 11.5. The monoisotopic (exact) mass is 218 g/mol. The van der Waals surface area contributed by atoms with Gasteiger partial charge in [0.2, 0.25) is 0 Å². The number of methoxy groups -OCH3 is 1. The summed E-state index contributed by atoms with van der Waals surface area (Å²) in [6, 6.07) is 9.22. The predicted molar refractivity (Wildman–Crippen MR) is 59.0 cm³/mol. The lowest BCUT2D eigenvalue weighted by molar-refractivity contribution is -0.141. The molecule has 0 bridgehead atoms. The van der Waals surface area contributed by atoms with Crippen molar-refractivity contribution in [3.63, 3.8) is 0 Å². The summed E-state index contributed by atoms with van der Waals surface area (Å²) in [6.45, 7) is 0. The second kappa shape index (κ2) is 4.47. The number of rotatable bonds is 4. The van der Waals surface area contributed by atoms with Crippen molar-refractivity contribution in [3.05, 3.63) is 35.9 Å². The van der Waals surface area contributed by atoms with E-state index in [9.17, 15) is 9.59 Å². The molecule has 1 aliphatic rings. The van der Waals surface area contributed by atoms with Crippen molar-refractivity contribution in [1.82, 2.24) is 0 Å². The lowest BCUT2D eigenvalue weighted by atomic mass is 10.1. The Bertz CT molecular complexity index is 397. The zero-order valence-corrected chi connectivity index (χ0v) is 9.18. The lowest BCUT2D eigenvalue weighted by Gasteiger charge is -1.99. The molecule has 2 rings (SSSR count). The van der Waals surface area contributed by atoms with Gasteiger partial charge in [0, 0.05) is 17.9 Å². The van der Waals surface area contributed by atoms with Gasteiger partial charge in [0.15, 0.2) is 5.78 Å². The van der Waals surface area contributed by atoms with Crippen LogP contribution in [0.1, 0.15) is 23.2 Å². The van der Waals surface area contributed by atoms with Gasteiger partial charge in [-0.15, -0.1) is 0 Å². The van der Waals surface area contributed by atoms with Crippen LogP contribution in [0.25, 0.3) is 0 Å². The number of hydrogen-bond acceptors (Lipinski definition) is 3. The molecule has 84 valence electrons. The highest BCUT2D eigenvalue weighted by molar-refractivity contribution is 5.99. The maximum absolute atomic E-state index is 11.9. The van der Waals surface area contributed by atoms with Gasteiger partial charge in [-0.05, 0) is 12.3 Å². The van der Waals surface area contributed by atoms with Gasteiger partial charge in [0.1, 0.15) is 0 Å². The van der Waals surface area contributed by atoms with Crippen LogP contribution in [0.4, 0.5) is 0 Å². The second-order valence-corrected chi connectivity index (χ2v) is 4.11. The van der Waals surface area contributed by atoms with Crippen molar-refractivity contribution in [2.24, 2.45) is 11.8 Å². The van der Waals surface area contributed by atoms with E-state index in [1.807, 2.05) is 30.3 Å². The van der Waals surface area contributed by atoms with E-state index in [1.54, 1.807) is 0 Å². The Balaban J connectivity index is 1.93. The number of carbonyl (C=O) groups is 2. The van der Waals surface area contributed by atoms with Gasteiger partial charge in [-0.1, -0.05) is 30.3 Å². The van der Waals surface area contributed by atoms with E-state index in [4.69, 9.17) is 0 Å². The highest BCUT2D eigenvalue weighted by atomic mass is 16.5. The Morgan fingerprint density at radius 1 is 1.31 bits per heavy atom. The topological polar surface area (TPSA) is 43.4 Å². The van der Waals surface area contributed by atoms with Gasteiger partial charge < -0.3 is 4.74 Å². The highest BCUT2D eigenvalue weighted by Gasteiger charge is 2.44. The van der Waals surface area contributed by atoms with E-state index in [2.05, 4.69) is 4.74 Å². The third-order valence-electron chi connectivity index (χ3n) is 2.97. The van der Waals surface area contributed by atoms with Crippen molar-refractivity contribution in [2.75, 3.05) is 7.11 Å². The van der Waals surface area contributed by atoms with Gasteiger partial charge in [-0.2, -0.15) is 0 Å². The van der Waals surface area contributed by atoms with E-state index >= 15 is 0 Å². The summed E-state index contributed by atoms with van der Waals surface area (Å²) in [6.07, 6.45) is 1.17. The number of hydrogen-bond donors (Lipinski definition) is 0. The number of ether oxygens (including phenoxy) is 1. The first kappa shape index (κ1) is 10.9. The van der Waals surface area contributed by atoms with Crippen molar-refractivity contribution < 1.29 is 14.3 Å². The third-order valence-corrected chi connectivity index (χ3v) is 2.97. The fraction of sp³-hybridized carbons (Fsp3) is 0.385. The Labute approximate surface area is 94.4 Å². The first-order chi connectivity index (χ1) is 7.72. The molecule has 0 unspecified atom stereocenters. The quantitative estimate of drug-likeness (QED) is 0.574. The number of Topliss-reactive ketones (excluding diaryl/α,β-unsaturated/α-hetero) is 1. The summed E-state index contributed by atoms with van der Waals surface area (Å²) in [5.74, 6) is 0.115. The average Bonchev–Trinajstić information content (AvgIpc) is 3.08. The Morgan fingerprint density at radius 3 is 2.62 bits per heavy atom. The van der Waals surface area contributed by atoms with Gasteiger partial charge >= 0.3 is 5.97 Å². The number of esters is 1. The summed E-state index contributed by atoms with van der Waals surface area (Å²) in [4.78, 5) is 23.0. The average molecular weight is 218 g/mol. The van der Waals surface area contributed by atoms with Gasteiger partial charge in [0.25, 0.3) is 0 Å². The van der Waals surface area contributed by atoms with Crippen LogP contribution in [0.5, 0.6) is 0 Å². The summed E-state index contributed by atoms with van der Waals surface area (Å²) in [5.41, 5.74) is 0.736. The van der Waals surface area contributed by atoms with Crippen LogP contribution in [0, 0.1) is 11.8 Å². The van der Waals surface area contributed by atoms with Crippen LogP contribution in [0.3, 0.4) is 0 Å². The fourth-order valence-corrected chi connectivity index (χ4v) is 1.91. The maximum atomic E-state index is 11.9. The van der Waals surface area contributed by atoms with E-state index in [0.717, 1.165) is 12.0 Å². The van der Waals surface area contributed by atoms with Crippen molar-refractivity contribution in [1.29, 1.82) is 0 Å². The van der Waals surface area contributed by atoms with Crippen LogP contribution < -0.4 is 0 Å². The Kier molecular flexibility index (Phi) is 3.04. The molecule has 0 saturated heterocycles. The minimum absolute atomic E-state index is 0.0153. The minimum Gasteiger partial charge on any atom is -0.469 e. The Morgan fingerprint density at radius 2 is 2.00 bits per heavy atom. The SMILES string of the molecule is COC(=O)C[C@H]1C[C@@H]1C(=O)c1ccccc1. The van der Waals surface area contributed by atoms with Gasteiger partial charge in [0.05, 0.1) is 7.11 Å². The first-order valence-electron chi connectivity index (χ1n) is 5.38. The molecular formula is C13H14O3. The zero-order valence-electron chi connectivity index (χ0n) is 9.18. The number of ketones is 1. The molecule has 0 N–H and O–H groups in total. The van der Waals surface area contributed by atoms with Gasteiger partial charge in [-0.3, -0.25) is 9.59 Å². The summed E-state index contributed by atoms with van der Waals surface area (Å²) >= 11 is 0. The molecule has 2 atom stereocenters. The molecule has 3 nitrogen and oxygen atoms in total. The molecule has 0 heterocycles. The molecule has 1 aliphatic carbocycles. The molecule has 1 fully saturated rings. The molecule has 1 saturated carbocycles. The second-order valence-electron chi connectivity index (χ2n) is 4.11. The van der Waals surface area contributed by atoms with Gasteiger partial charge in [-0.25, -0.2) is 0 Å². The number of benzene rings is 1. The van der Waals surface area contributed by atoms with Crippen molar-refractivity contribution in [2.45, 2.75) is 12.8 Å². The molecule has 0 aliphatic heterocycles. The van der Waals surface area contributed by atoms with Crippen LogP contribution in [-0.2, 0) is 9.53 Å². The summed E-state index contributed by atoms with van der Waals surface area (Å²) in [7, 11) is 1.37. The third kappa shape index (κ3) is 2.30. The van der Waals surface area contributed by atoms with Crippen LogP contribution >= 0.6 is 0 Å². The van der Waals surface area contributed by atoms with E-state index in [0.29, 0.717) is 6.42 Å².